The number of sulfone groups is 1. The highest BCUT2D eigenvalue weighted by atomic mass is 32.2. The fourth-order valence-corrected chi connectivity index (χ4v) is 2.47. The maximum absolute atomic E-state index is 11.2. The quantitative estimate of drug-likeness (QED) is 0.683. The third-order valence-corrected chi connectivity index (χ3v) is 3.57. The lowest BCUT2D eigenvalue weighted by Gasteiger charge is -2.04. The van der Waals surface area contributed by atoms with Gasteiger partial charge in [-0.3, -0.25) is 0 Å². The summed E-state index contributed by atoms with van der Waals surface area (Å²) >= 11 is 0. The Morgan fingerprint density at radius 3 is 2.33 bits per heavy atom. The molecule has 2 N–H and O–H groups in total. The van der Waals surface area contributed by atoms with E-state index in [9.17, 15) is 8.42 Å². The first-order valence-electron chi connectivity index (χ1n) is 4.44. The van der Waals surface area contributed by atoms with Crippen molar-refractivity contribution in [2.45, 2.75) is 39.2 Å². The molecule has 0 aromatic rings. The van der Waals surface area contributed by atoms with E-state index in [-0.39, 0.29) is 6.04 Å². The molecule has 3 nitrogen and oxygen atoms in total. The summed E-state index contributed by atoms with van der Waals surface area (Å²) in [4.78, 5) is 0. The predicted octanol–water partition coefficient (Wildman–Crippen LogP) is 0.939. The maximum Gasteiger partial charge on any atom is 0.150 e. The monoisotopic (exact) mass is 193 g/mol. The summed E-state index contributed by atoms with van der Waals surface area (Å²) in [5.41, 5.74) is 5.50. The standard InChI is InChI=1S/C8H19NO2S/c1-3-6-12(10,11)7-4-5-8(2)9/h8H,3-7,9H2,1-2H3. The molecule has 0 fully saturated rings. The Morgan fingerprint density at radius 1 is 1.33 bits per heavy atom. The number of hydrogen-bond acceptors (Lipinski definition) is 3. The van der Waals surface area contributed by atoms with Gasteiger partial charge in [-0.15, -0.1) is 0 Å². The van der Waals surface area contributed by atoms with Crippen LogP contribution in [0.5, 0.6) is 0 Å². The van der Waals surface area contributed by atoms with E-state index in [1.807, 2.05) is 13.8 Å². The van der Waals surface area contributed by atoms with E-state index in [1.54, 1.807) is 0 Å². The Morgan fingerprint density at radius 2 is 1.92 bits per heavy atom. The first-order valence-corrected chi connectivity index (χ1v) is 6.26. The Hall–Kier alpha value is -0.0900. The number of rotatable bonds is 6. The van der Waals surface area contributed by atoms with Gasteiger partial charge >= 0.3 is 0 Å². The summed E-state index contributed by atoms with van der Waals surface area (Å²) in [6, 6.07) is 0.113. The minimum absolute atomic E-state index is 0.113. The SMILES string of the molecule is CCCS(=O)(=O)CCCC(C)N. The fraction of sp³-hybridized carbons (Fsp3) is 1.00. The lowest BCUT2D eigenvalue weighted by molar-refractivity contribution is 0.584. The summed E-state index contributed by atoms with van der Waals surface area (Å²) in [5, 5.41) is 0. The van der Waals surface area contributed by atoms with Crippen molar-refractivity contribution in [2.75, 3.05) is 11.5 Å². The second kappa shape index (κ2) is 5.54. The van der Waals surface area contributed by atoms with Crippen molar-refractivity contribution < 1.29 is 8.42 Å². The summed E-state index contributed by atoms with van der Waals surface area (Å²) in [7, 11) is -2.78. The molecule has 0 aliphatic heterocycles. The van der Waals surface area contributed by atoms with Crippen LogP contribution in [-0.2, 0) is 9.84 Å². The molecule has 0 aromatic heterocycles. The lowest BCUT2D eigenvalue weighted by atomic mass is 10.2. The summed E-state index contributed by atoms with van der Waals surface area (Å²) in [5.74, 6) is 0.605. The van der Waals surface area contributed by atoms with E-state index in [1.165, 1.54) is 0 Å². The van der Waals surface area contributed by atoms with Gasteiger partial charge in [0.25, 0.3) is 0 Å². The van der Waals surface area contributed by atoms with Crippen LogP contribution >= 0.6 is 0 Å². The highest BCUT2D eigenvalue weighted by Crippen LogP contribution is 2.00. The first-order chi connectivity index (χ1) is 5.48. The van der Waals surface area contributed by atoms with Gasteiger partial charge in [-0.2, -0.15) is 0 Å². The van der Waals surface area contributed by atoms with E-state index in [0.717, 1.165) is 6.42 Å². The molecule has 0 rings (SSSR count). The zero-order valence-electron chi connectivity index (χ0n) is 7.91. The molecule has 1 unspecified atom stereocenters. The third-order valence-electron chi connectivity index (χ3n) is 1.63. The molecule has 1 atom stereocenters. The molecule has 0 amide bonds. The zero-order chi connectivity index (χ0) is 9.61. The van der Waals surface area contributed by atoms with Crippen molar-refractivity contribution in [1.29, 1.82) is 0 Å². The molecule has 0 radical (unpaired) electrons. The molecular weight excluding hydrogens is 174 g/mol. The molecule has 0 saturated carbocycles. The highest BCUT2D eigenvalue weighted by molar-refractivity contribution is 7.91. The van der Waals surface area contributed by atoms with Gasteiger partial charge in [0.2, 0.25) is 0 Å². The normalized spacial score (nSPS) is 14.6. The number of nitrogens with two attached hydrogens (primary N) is 1. The summed E-state index contributed by atoms with van der Waals surface area (Å²) in [6.45, 7) is 3.77. The van der Waals surface area contributed by atoms with E-state index >= 15 is 0 Å². The second-order valence-electron chi connectivity index (χ2n) is 3.27. The molecule has 0 heterocycles. The van der Waals surface area contributed by atoms with Gasteiger partial charge in [-0.05, 0) is 26.2 Å². The van der Waals surface area contributed by atoms with Crippen LogP contribution in [0.4, 0.5) is 0 Å². The molecule has 0 spiro atoms. The summed E-state index contributed by atoms with van der Waals surface area (Å²) < 4.78 is 22.3. The Labute approximate surface area is 75.3 Å². The largest absolute Gasteiger partial charge is 0.328 e. The average molecular weight is 193 g/mol. The third kappa shape index (κ3) is 6.61. The Bertz CT molecular complexity index is 197. The second-order valence-corrected chi connectivity index (χ2v) is 5.57. The molecular formula is C8H19NO2S. The molecule has 0 aliphatic rings. The highest BCUT2D eigenvalue weighted by Gasteiger charge is 2.08. The van der Waals surface area contributed by atoms with Crippen molar-refractivity contribution in [1.82, 2.24) is 0 Å². The van der Waals surface area contributed by atoms with E-state index < -0.39 is 9.84 Å². The van der Waals surface area contributed by atoms with E-state index in [4.69, 9.17) is 5.73 Å². The molecule has 0 aromatic carbocycles. The average Bonchev–Trinajstić information content (AvgIpc) is 1.85. The smallest absolute Gasteiger partial charge is 0.150 e. The van der Waals surface area contributed by atoms with Crippen LogP contribution in [0.2, 0.25) is 0 Å². The van der Waals surface area contributed by atoms with Crippen molar-refractivity contribution in [2.24, 2.45) is 5.73 Å². The van der Waals surface area contributed by atoms with Gasteiger partial charge in [-0.25, -0.2) is 8.42 Å². The van der Waals surface area contributed by atoms with Crippen LogP contribution in [0.3, 0.4) is 0 Å². The van der Waals surface area contributed by atoms with Gasteiger partial charge in [0.05, 0.1) is 5.75 Å². The van der Waals surface area contributed by atoms with Crippen LogP contribution in [-0.4, -0.2) is 26.0 Å². The van der Waals surface area contributed by atoms with Gasteiger partial charge in [0, 0.05) is 11.8 Å². The first kappa shape index (κ1) is 11.9. The minimum Gasteiger partial charge on any atom is -0.328 e. The van der Waals surface area contributed by atoms with Crippen molar-refractivity contribution in [3.05, 3.63) is 0 Å². The van der Waals surface area contributed by atoms with Gasteiger partial charge in [0.15, 0.2) is 0 Å². The van der Waals surface area contributed by atoms with Crippen LogP contribution in [0.15, 0.2) is 0 Å². The molecule has 12 heavy (non-hydrogen) atoms. The molecule has 74 valence electrons. The van der Waals surface area contributed by atoms with Gasteiger partial charge in [-0.1, -0.05) is 6.92 Å². The summed E-state index contributed by atoms with van der Waals surface area (Å²) in [6.07, 6.45) is 2.20. The van der Waals surface area contributed by atoms with E-state index in [2.05, 4.69) is 0 Å². The topological polar surface area (TPSA) is 60.2 Å². The fourth-order valence-electron chi connectivity index (χ4n) is 1.04. The number of hydrogen-bond donors (Lipinski definition) is 1. The van der Waals surface area contributed by atoms with Gasteiger partial charge < -0.3 is 5.73 Å². The zero-order valence-corrected chi connectivity index (χ0v) is 8.73. The molecule has 0 aliphatic carbocycles. The van der Waals surface area contributed by atoms with E-state index in [0.29, 0.717) is 24.3 Å². The molecule has 0 bridgehead atoms. The van der Waals surface area contributed by atoms with Crippen molar-refractivity contribution in [3.63, 3.8) is 0 Å². The van der Waals surface area contributed by atoms with Crippen LogP contribution in [0.1, 0.15) is 33.1 Å². The minimum atomic E-state index is -2.78. The van der Waals surface area contributed by atoms with Gasteiger partial charge in [0.1, 0.15) is 9.84 Å². The Kier molecular flexibility index (Phi) is 5.50. The molecule has 4 heteroatoms. The van der Waals surface area contributed by atoms with Crippen molar-refractivity contribution >= 4 is 9.84 Å². The Balaban J connectivity index is 3.62. The molecule has 0 saturated heterocycles. The van der Waals surface area contributed by atoms with Crippen LogP contribution in [0, 0.1) is 0 Å². The lowest BCUT2D eigenvalue weighted by Crippen LogP contribution is -2.17. The maximum atomic E-state index is 11.2. The predicted molar refractivity (Wildman–Crippen MR) is 51.8 cm³/mol. The van der Waals surface area contributed by atoms with Crippen LogP contribution in [0.25, 0.3) is 0 Å². The van der Waals surface area contributed by atoms with Crippen molar-refractivity contribution in [3.8, 4) is 0 Å². The van der Waals surface area contributed by atoms with Crippen LogP contribution < -0.4 is 5.73 Å².